The molecule has 0 fully saturated rings. The van der Waals surface area contributed by atoms with E-state index in [9.17, 15) is 129 Å². The molecule has 0 radical (unpaired) electrons. The van der Waals surface area contributed by atoms with E-state index in [1.165, 1.54) is 0 Å². The topological polar surface area (TPSA) is 109 Å². The van der Waals surface area contributed by atoms with E-state index in [-0.39, 0.29) is 75.8 Å². The molecule has 0 amide bonds. The number of rotatable bonds is 44. The fraction of sp³-hybridized carbons (Fsp3) is 0.778. The first kappa shape index (κ1) is 79.0. The summed E-state index contributed by atoms with van der Waals surface area (Å²) >= 11 is 0. The molecule has 2 aromatic rings. The molecule has 2 rings (SSSR count). The van der Waals surface area contributed by atoms with Gasteiger partial charge in [-0.15, -0.1) is 0 Å². The minimum absolute atomic E-state index is 0.0165. The summed E-state index contributed by atoms with van der Waals surface area (Å²) in [4.78, 5) is 0. The van der Waals surface area contributed by atoms with E-state index in [1.54, 1.807) is 42.5 Å². The molecule has 508 valence electrons. The van der Waals surface area contributed by atoms with Crippen molar-refractivity contribution in [3.63, 3.8) is 0 Å². The van der Waals surface area contributed by atoms with Crippen LogP contribution in [0.4, 0.5) is 114 Å². The molecule has 0 aliphatic rings. The summed E-state index contributed by atoms with van der Waals surface area (Å²) in [5.74, 6) is -73.6. The second-order valence-electron chi connectivity index (χ2n) is 21.1. The normalized spacial score (nSPS) is 14.9. The van der Waals surface area contributed by atoms with Gasteiger partial charge in [0, 0.05) is 12.8 Å². The molecule has 0 aliphatic heterocycles. The largest absolute Gasteiger partial charge is 0.491 e. The third kappa shape index (κ3) is 19.9. The van der Waals surface area contributed by atoms with Gasteiger partial charge in [-0.25, -0.2) is 0 Å². The molecule has 87 heavy (non-hydrogen) atoms. The lowest BCUT2D eigenvalue weighted by Crippen LogP contribution is -2.70. The first-order valence-electron chi connectivity index (χ1n) is 27.4. The molecule has 2 atom stereocenters. The van der Waals surface area contributed by atoms with Crippen molar-refractivity contribution < 1.29 is 149 Å². The Balaban J connectivity index is 2.04. The summed E-state index contributed by atoms with van der Waals surface area (Å²) in [6, 6.07) is 11.4. The molecule has 4 N–H and O–H groups in total. The number of aliphatic hydroxyl groups is 4. The molecule has 2 aromatic carbocycles. The van der Waals surface area contributed by atoms with Crippen molar-refractivity contribution in [3.8, 4) is 28.4 Å². The van der Waals surface area contributed by atoms with Crippen molar-refractivity contribution >= 4 is 0 Å². The number of alkyl halides is 26. The lowest BCUT2D eigenvalue weighted by molar-refractivity contribution is -0.440. The lowest BCUT2D eigenvalue weighted by Gasteiger charge is -2.39. The van der Waals surface area contributed by atoms with Crippen LogP contribution in [0.25, 0.3) is 11.1 Å². The van der Waals surface area contributed by atoms with Crippen LogP contribution in [-0.2, 0) is 0 Å². The molecule has 0 spiro atoms. The maximum atomic E-state index is 14.2. The molecule has 0 saturated carbocycles. The van der Waals surface area contributed by atoms with E-state index in [2.05, 4.69) is 0 Å². The van der Waals surface area contributed by atoms with Crippen LogP contribution >= 0.6 is 0 Å². The first-order chi connectivity index (χ1) is 39.8. The number of ether oxygens (including phenoxy) is 3. The summed E-state index contributed by atoms with van der Waals surface area (Å²) < 4.78 is 366. The first-order valence-corrected chi connectivity index (χ1v) is 27.4. The Hall–Kier alpha value is -4.14. The molecule has 0 bridgehead atoms. The van der Waals surface area contributed by atoms with Crippen LogP contribution in [0.1, 0.15) is 141 Å². The third-order valence-electron chi connectivity index (χ3n) is 14.1. The summed E-state index contributed by atoms with van der Waals surface area (Å²) in [7, 11) is 0. The zero-order valence-corrected chi connectivity index (χ0v) is 46.2. The highest BCUT2D eigenvalue weighted by Crippen LogP contribution is 2.62. The summed E-state index contributed by atoms with van der Waals surface area (Å²) in [5, 5.41) is 38.0. The molecular formula is C54H68F26O7. The van der Waals surface area contributed by atoms with Gasteiger partial charge in [-0.2, -0.15) is 114 Å². The van der Waals surface area contributed by atoms with Crippen LogP contribution in [-0.4, -0.2) is 137 Å². The van der Waals surface area contributed by atoms with Crippen LogP contribution in [0, 0.1) is 5.92 Å². The number of hydrogen-bond donors (Lipinski definition) is 4. The standard InChI is InChI=1S/C54H68F26O7/c55-43(56,45(59,60)47(63,64)49(67,68)51(71,72)53(75,76)77)27-17-13-9-5-1-3-7-11-15-19-35(32-86-42-29-37(23-26-41(42)87-34-39(84)31-82)36-21-24-40(25-22-36)85-33-38(83)30-81)20-16-12-8-4-2-6-10-14-18-28-44(57,58)46(61,62)48(65,66)50(69,70)52(73,74)54(78,79)80/h21-26,29,35,38-39,81-84H,1-20,27-28,30-34H2. The van der Waals surface area contributed by atoms with Gasteiger partial charge in [-0.05, 0) is 67.0 Å². The maximum Gasteiger partial charge on any atom is 0.460 e. The number of halogens is 26. The van der Waals surface area contributed by atoms with Gasteiger partial charge < -0.3 is 34.6 Å². The predicted molar refractivity (Wildman–Crippen MR) is 261 cm³/mol. The van der Waals surface area contributed by atoms with E-state index in [0.717, 1.165) is 0 Å². The Kier molecular flexibility index (Phi) is 29.3. The Morgan fingerprint density at radius 3 is 0.954 bits per heavy atom. The highest BCUT2D eigenvalue weighted by atomic mass is 19.4. The SMILES string of the molecule is OCC(O)COc1ccc(-c2ccc(OCC(O)CO)c(OCC(CCCCCCCCCCCC(F)(F)C(F)(F)C(F)(F)C(F)(F)C(F)(F)C(F)(F)F)CCCCCCCCCCCC(F)(F)C(F)(F)C(F)(F)C(F)(F)C(F)(F)C(F)(F)F)c2)cc1. The van der Waals surface area contributed by atoms with E-state index in [0.29, 0.717) is 93.9 Å². The monoisotopic (exact) mass is 1320 g/mol. The van der Waals surface area contributed by atoms with Crippen molar-refractivity contribution in [1.82, 2.24) is 0 Å². The molecule has 0 heterocycles. The number of unbranched alkanes of at least 4 members (excludes halogenated alkanes) is 16. The average molecular weight is 1320 g/mol. The van der Waals surface area contributed by atoms with E-state index in [4.69, 9.17) is 19.3 Å². The molecular weight excluding hydrogens is 1250 g/mol. The van der Waals surface area contributed by atoms with Gasteiger partial charge in [0.1, 0.15) is 31.2 Å². The molecule has 7 nitrogen and oxygen atoms in total. The van der Waals surface area contributed by atoms with Crippen molar-refractivity contribution in [3.05, 3.63) is 42.5 Å². The van der Waals surface area contributed by atoms with Crippen molar-refractivity contribution in [2.45, 2.75) is 225 Å². The highest BCUT2D eigenvalue weighted by molar-refractivity contribution is 5.67. The minimum Gasteiger partial charge on any atom is -0.491 e. The van der Waals surface area contributed by atoms with E-state index in [1.807, 2.05) is 0 Å². The predicted octanol–water partition coefficient (Wildman–Crippen LogP) is 17.9. The number of aliphatic hydroxyl groups excluding tert-OH is 4. The Bertz CT molecular complexity index is 2200. The van der Waals surface area contributed by atoms with Crippen LogP contribution in [0.3, 0.4) is 0 Å². The fourth-order valence-electron chi connectivity index (χ4n) is 8.62. The van der Waals surface area contributed by atoms with Crippen LogP contribution < -0.4 is 14.2 Å². The van der Waals surface area contributed by atoms with Gasteiger partial charge >= 0.3 is 71.6 Å². The Morgan fingerprint density at radius 2 is 0.609 bits per heavy atom. The Labute approximate surface area is 483 Å². The highest BCUT2D eigenvalue weighted by Gasteiger charge is 2.92. The van der Waals surface area contributed by atoms with Gasteiger partial charge in [0.25, 0.3) is 0 Å². The second-order valence-corrected chi connectivity index (χ2v) is 21.1. The van der Waals surface area contributed by atoms with E-state index < -0.39 is 123 Å². The zero-order chi connectivity index (χ0) is 66.8. The quantitative estimate of drug-likeness (QED) is 0.0387. The minimum atomic E-state index is -7.97. The van der Waals surface area contributed by atoms with Crippen LogP contribution in [0.15, 0.2) is 42.5 Å². The van der Waals surface area contributed by atoms with Gasteiger partial charge in [-0.3, -0.25) is 0 Å². The van der Waals surface area contributed by atoms with Gasteiger partial charge in [0.2, 0.25) is 0 Å². The summed E-state index contributed by atoms with van der Waals surface area (Å²) in [6.07, 6.45) is -17.6. The molecule has 0 aliphatic carbocycles. The zero-order valence-electron chi connectivity index (χ0n) is 46.2. The molecule has 0 aromatic heterocycles. The maximum absolute atomic E-state index is 14.2. The van der Waals surface area contributed by atoms with Gasteiger partial charge in [0.05, 0.1) is 19.8 Å². The number of benzene rings is 2. The van der Waals surface area contributed by atoms with E-state index >= 15 is 0 Å². The van der Waals surface area contributed by atoms with Crippen molar-refractivity contribution in [2.24, 2.45) is 5.92 Å². The summed E-state index contributed by atoms with van der Waals surface area (Å²) in [6.45, 7) is -1.62. The molecule has 33 heteroatoms. The average Bonchev–Trinajstić information content (AvgIpc) is 0.744. The fourth-order valence-corrected chi connectivity index (χ4v) is 8.62. The summed E-state index contributed by atoms with van der Waals surface area (Å²) in [5.41, 5.74) is 1.28. The van der Waals surface area contributed by atoms with Crippen LogP contribution in [0.5, 0.6) is 17.2 Å². The molecule has 0 saturated heterocycles. The lowest BCUT2D eigenvalue weighted by atomic mass is 9.91. The smallest absolute Gasteiger partial charge is 0.460 e. The second kappa shape index (κ2) is 32.2. The van der Waals surface area contributed by atoms with Crippen molar-refractivity contribution in [1.29, 1.82) is 0 Å². The third-order valence-corrected chi connectivity index (χ3v) is 14.1. The number of hydrogen-bond acceptors (Lipinski definition) is 7. The Morgan fingerprint density at radius 1 is 0.310 bits per heavy atom. The van der Waals surface area contributed by atoms with Gasteiger partial charge in [0.15, 0.2) is 11.5 Å². The van der Waals surface area contributed by atoms with Crippen molar-refractivity contribution in [2.75, 3.05) is 33.0 Å². The molecule has 2 unspecified atom stereocenters. The van der Waals surface area contributed by atoms with Crippen LogP contribution in [0.2, 0.25) is 0 Å². The van der Waals surface area contributed by atoms with Gasteiger partial charge in [-0.1, -0.05) is 121 Å².